The van der Waals surface area contributed by atoms with Crippen molar-refractivity contribution in [2.45, 2.75) is 25.9 Å². The third-order valence-electron chi connectivity index (χ3n) is 3.28. The van der Waals surface area contributed by atoms with Crippen molar-refractivity contribution < 1.29 is 19.1 Å². The lowest BCUT2D eigenvalue weighted by Crippen LogP contribution is -2.35. The molecule has 0 aromatic heterocycles. The fourth-order valence-corrected chi connectivity index (χ4v) is 2.29. The minimum atomic E-state index is -0.926. The van der Waals surface area contributed by atoms with Crippen LogP contribution in [0.1, 0.15) is 25.8 Å². The third kappa shape index (κ3) is 2.10. The van der Waals surface area contributed by atoms with Crippen LogP contribution in [0.3, 0.4) is 0 Å². The highest BCUT2D eigenvalue weighted by Gasteiger charge is 2.51. The first kappa shape index (κ1) is 12.6. The molecule has 4 nitrogen and oxygen atoms in total. The van der Waals surface area contributed by atoms with Gasteiger partial charge in [0.1, 0.15) is 11.5 Å². The Morgan fingerprint density at radius 3 is 2.72 bits per heavy atom. The minimum Gasteiger partial charge on any atom is -0.466 e. The lowest BCUT2D eigenvalue weighted by atomic mass is 9.83. The second-order valence-electron chi connectivity index (χ2n) is 4.46. The predicted molar refractivity (Wildman–Crippen MR) is 64.6 cm³/mol. The van der Waals surface area contributed by atoms with Crippen LogP contribution in [0.25, 0.3) is 0 Å². The molecule has 1 heterocycles. The van der Waals surface area contributed by atoms with Crippen molar-refractivity contribution in [3.8, 4) is 0 Å². The summed E-state index contributed by atoms with van der Waals surface area (Å²) in [4.78, 5) is 23.4. The molecule has 1 aromatic carbocycles. The number of carbonyl (C=O) groups excluding carboxylic acids is 2. The van der Waals surface area contributed by atoms with Gasteiger partial charge in [0.25, 0.3) is 0 Å². The standard InChI is InChI=1S/C14H16O4/c1-3-17-13(16)11-9-12(15)18-14(11,2)10-7-5-4-6-8-10/h4-8,11H,3,9H2,1-2H3/t11-,14-/m0/s1. The average Bonchev–Trinajstić information content (AvgIpc) is 2.68. The third-order valence-corrected chi connectivity index (χ3v) is 3.28. The van der Waals surface area contributed by atoms with Gasteiger partial charge in [-0.25, -0.2) is 0 Å². The molecule has 1 saturated heterocycles. The molecule has 1 fully saturated rings. The van der Waals surface area contributed by atoms with Gasteiger partial charge in [0.2, 0.25) is 0 Å². The molecule has 4 heteroatoms. The van der Waals surface area contributed by atoms with E-state index in [1.807, 2.05) is 30.3 Å². The highest BCUT2D eigenvalue weighted by molar-refractivity contribution is 5.85. The molecule has 18 heavy (non-hydrogen) atoms. The Bertz CT molecular complexity index is 454. The molecule has 1 aliphatic heterocycles. The zero-order chi connectivity index (χ0) is 13.2. The van der Waals surface area contributed by atoms with Gasteiger partial charge in [-0.05, 0) is 19.4 Å². The molecule has 0 amide bonds. The number of cyclic esters (lactones) is 1. The maximum absolute atomic E-state index is 11.9. The first-order valence-corrected chi connectivity index (χ1v) is 6.02. The van der Waals surface area contributed by atoms with E-state index >= 15 is 0 Å². The first-order chi connectivity index (χ1) is 8.58. The van der Waals surface area contributed by atoms with Gasteiger partial charge >= 0.3 is 11.9 Å². The fraction of sp³-hybridized carbons (Fsp3) is 0.429. The van der Waals surface area contributed by atoms with Crippen molar-refractivity contribution >= 4 is 11.9 Å². The minimum absolute atomic E-state index is 0.0736. The van der Waals surface area contributed by atoms with Gasteiger partial charge in [0, 0.05) is 0 Å². The van der Waals surface area contributed by atoms with Crippen molar-refractivity contribution in [3.05, 3.63) is 35.9 Å². The van der Waals surface area contributed by atoms with Gasteiger partial charge < -0.3 is 9.47 Å². The van der Waals surface area contributed by atoms with Gasteiger partial charge in [-0.1, -0.05) is 30.3 Å². The molecule has 0 spiro atoms. The average molecular weight is 248 g/mol. The van der Waals surface area contributed by atoms with Gasteiger partial charge in [0.15, 0.2) is 0 Å². The molecular formula is C14H16O4. The lowest BCUT2D eigenvalue weighted by Gasteiger charge is -2.28. The number of hydrogen-bond donors (Lipinski definition) is 0. The molecule has 2 rings (SSSR count). The zero-order valence-corrected chi connectivity index (χ0v) is 10.5. The molecule has 0 unspecified atom stereocenters. The molecule has 96 valence electrons. The fourth-order valence-electron chi connectivity index (χ4n) is 2.29. The highest BCUT2D eigenvalue weighted by atomic mass is 16.6. The zero-order valence-electron chi connectivity index (χ0n) is 10.5. The summed E-state index contributed by atoms with van der Waals surface area (Å²) in [7, 11) is 0. The van der Waals surface area contributed by atoms with E-state index in [0.717, 1.165) is 5.56 Å². The van der Waals surface area contributed by atoms with E-state index in [0.29, 0.717) is 6.61 Å². The summed E-state index contributed by atoms with van der Waals surface area (Å²) in [6.45, 7) is 3.80. The van der Waals surface area contributed by atoms with Crippen LogP contribution in [-0.2, 0) is 24.7 Å². The van der Waals surface area contributed by atoms with E-state index in [4.69, 9.17) is 9.47 Å². The Morgan fingerprint density at radius 1 is 1.44 bits per heavy atom. The van der Waals surface area contributed by atoms with E-state index in [-0.39, 0.29) is 18.4 Å². The van der Waals surface area contributed by atoms with Crippen LogP contribution < -0.4 is 0 Å². The summed E-state index contributed by atoms with van der Waals surface area (Å²) in [6, 6.07) is 9.29. The Labute approximate surface area is 106 Å². The predicted octanol–water partition coefficient (Wildman–Crippen LogP) is 2.03. The highest BCUT2D eigenvalue weighted by Crippen LogP contribution is 2.42. The van der Waals surface area contributed by atoms with Crippen LogP contribution in [0, 0.1) is 5.92 Å². The van der Waals surface area contributed by atoms with Crippen LogP contribution in [0.2, 0.25) is 0 Å². The van der Waals surface area contributed by atoms with E-state index in [2.05, 4.69) is 0 Å². The molecule has 0 N–H and O–H groups in total. The lowest BCUT2D eigenvalue weighted by molar-refractivity contribution is -0.157. The van der Waals surface area contributed by atoms with Crippen LogP contribution in [0.4, 0.5) is 0 Å². The molecule has 0 saturated carbocycles. The number of hydrogen-bond acceptors (Lipinski definition) is 4. The van der Waals surface area contributed by atoms with Gasteiger partial charge in [-0.15, -0.1) is 0 Å². The van der Waals surface area contributed by atoms with Crippen molar-refractivity contribution in [1.29, 1.82) is 0 Å². The van der Waals surface area contributed by atoms with Crippen molar-refractivity contribution in [3.63, 3.8) is 0 Å². The molecule has 0 aliphatic carbocycles. The Balaban J connectivity index is 2.34. The quantitative estimate of drug-likeness (QED) is 0.768. The van der Waals surface area contributed by atoms with Crippen LogP contribution >= 0.6 is 0 Å². The van der Waals surface area contributed by atoms with Gasteiger partial charge in [-0.2, -0.15) is 0 Å². The van der Waals surface area contributed by atoms with Crippen molar-refractivity contribution in [2.75, 3.05) is 6.61 Å². The number of esters is 2. The largest absolute Gasteiger partial charge is 0.466 e. The molecule has 0 bridgehead atoms. The van der Waals surface area contributed by atoms with Gasteiger partial charge in [-0.3, -0.25) is 9.59 Å². The van der Waals surface area contributed by atoms with Crippen LogP contribution in [0.5, 0.6) is 0 Å². The Morgan fingerprint density at radius 2 is 2.11 bits per heavy atom. The smallest absolute Gasteiger partial charge is 0.313 e. The molecular weight excluding hydrogens is 232 g/mol. The Kier molecular flexibility index (Phi) is 3.36. The molecule has 1 aromatic rings. The van der Waals surface area contributed by atoms with E-state index in [1.54, 1.807) is 13.8 Å². The normalized spacial score (nSPS) is 26.8. The van der Waals surface area contributed by atoms with E-state index in [9.17, 15) is 9.59 Å². The Hall–Kier alpha value is -1.84. The molecule has 0 radical (unpaired) electrons. The maximum Gasteiger partial charge on any atom is 0.313 e. The molecule has 2 atom stereocenters. The number of carbonyl (C=O) groups is 2. The van der Waals surface area contributed by atoms with Crippen molar-refractivity contribution in [1.82, 2.24) is 0 Å². The second kappa shape index (κ2) is 4.80. The second-order valence-corrected chi connectivity index (χ2v) is 4.46. The summed E-state index contributed by atoms with van der Waals surface area (Å²) in [5.74, 6) is -1.32. The maximum atomic E-state index is 11.9. The summed E-state index contributed by atoms with van der Waals surface area (Å²) in [6.07, 6.45) is 0.0736. The summed E-state index contributed by atoms with van der Waals surface area (Å²) < 4.78 is 10.4. The van der Waals surface area contributed by atoms with Gasteiger partial charge in [0.05, 0.1) is 13.0 Å². The summed E-state index contributed by atoms with van der Waals surface area (Å²) in [5.41, 5.74) is -0.112. The van der Waals surface area contributed by atoms with Crippen LogP contribution in [0.15, 0.2) is 30.3 Å². The SMILES string of the molecule is CCOC(=O)[C@@H]1CC(=O)O[C@@]1(C)c1ccccc1. The summed E-state index contributed by atoms with van der Waals surface area (Å²) in [5, 5.41) is 0. The first-order valence-electron chi connectivity index (χ1n) is 6.02. The van der Waals surface area contributed by atoms with E-state index < -0.39 is 11.5 Å². The monoisotopic (exact) mass is 248 g/mol. The topological polar surface area (TPSA) is 52.6 Å². The van der Waals surface area contributed by atoms with Crippen molar-refractivity contribution in [2.24, 2.45) is 5.92 Å². The number of ether oxygens (including phenoxy) is 2. The van der Waals surface area contributed by atoms with Crippen LogP contribution in [-0.4, -0.2) is 18.5 Å². The number of rotatable bonds is 3. The summed E-state index contributed by atoms with van der Waals surface area (Å²) >= 11 is 0. The number of benzene rings is 1. The van der Waals surface area contributed by atoms with E-state index in [1.165, 1.54) is 0 Å². The molecule has 1 aliphatic rings.